The molecular weight excluding hydrogens is 310 g/mol. The van der Waals surface area contributed by atoms with E-state index < -0.39 is 36.2 Å². The van der Waals surface area contributed by atoms with Crippen molar-refractivity contribution in [2.75, 3.05) is 13.7 Å². The lowest BCUT2D eigenvalue weighted by Gasteiger charge is -2.28. The van der Waals surface area contributed by atoms with Crippen LogP contribution in [0, 0.1) is 0 Å². The second-order valence-electron chi connectivity index (χ2n) is 5.44. The fourth-order valence-electron chi connectivity index (χ4n) is 1.75. The summed E-state index contributed by atoms with van der Waals surface area (Å²) in [5, 5.41) is 11.1. The van der Waals surface area contributed by atoms with E-state index in [1.165, 1.54) is 11.3 Å². The fourth-order valence-corrected chi connectivity index (χ4v) is 2.58. The van der Waals surface area contributed by atoms with Gasteiger partial charge < -0.3 is 14.6 Å². The number of carbonyl (C=O) groups excluding carboxylic acids is 2. The maximum absolute atomic E-state index is 11.9. The Hall–Kier alpha value is -2.09. The molecule has 1 heterocycles. The summed E-state index contributed by atoms with van der Waals surface area (Å²) in [5.41, 5.74) is -0.736. The number of carboxylic acid groups (broad SMARTS) is 1. The number of ether oxygens (including phenoxy) is 2. The molecule has 7 nitrogen and oxygen atoms in total. The zero-order valence-electron chi connectivity index (χ0n) is 12.9. The standard InChI is InChI=1S/C14H19NO6S/c1-14(2,3)21-10(16)8-15(13(19)20-4)11(12(17)18)9-6-5-7-22-9/h5-7,11H,8H2,1-4H3,(H,17,18). The number of carboxylic acids is 1. The first kappa shape index (κ1) is 18.0. The summed E-state index contributed by atoms with van der Waals surface area (Å²) in [6.45, 7) is 4.53. The van der Waals surface area contributed by atoms with Crippen molar-refractivity contribution in [1.82, 2.24) is 4.90 Å². The van der Waals surface area contributed by atoms with Crippen LogP contribution in [0.15, 0.2) is 17.5 Å². The minimum absolute atomic E-state index is 0.418. The Morgan fingerprint density at radius 2 is 2.00 bits per heavy atom. The third-order valence-electron chi connectivity index (χ3n) is 2.49. The molecule has 0 aliphatic rings. The van der Waals surface area contributed by atoms with Gasteiger partial charge in [0, 0.05) is 4.88 Å². The van der Waals surface area contributed by atoms with E-state index in [2.05, 4.69) is 4.74 Å². The highest BCUT2D eigenvalue weighted by Gasteiger charge is 2.35. The summed E-state index contributed by atoms with van der Waals surface area (Å²) in [6, 6.07) is 1.94. The molecule has 0 saturated carbocycles. The molecule has 1 amide bonds. The lowest BCUT2D eigenvalue weighted by atomic mass is 10.2. The lowest BCUT2D eigenvalue weighted by molar-refractivity contribution is -0.157. The van der Waals surface area contributed by atoms with Crippen molar-refractivity contribution in [2.45, 2.75) is 32.4 Å². The van der Waals surface area contributed by atoms with Gasteiger partial charge in [-0.15, -0.1) is 11.3 Å². The molecule has 0 aromatic carbocycles. The lowest BCUT2D eigenvalue weighted by Crippen LogP contribution is -2.43. The minimum atomic E-state index is -1.31. The molecule has 0 radical (unpaired) electrons. The van der Waals surface area contributed by atoms with Crippen LogP contribution < -0.4 is 0 Å². The molecule has 1 N–H and O–H groups in total. The number of carbonyl (C=O) groups is 3. The molecule has 1 aromatic heterocycles. The van der Waals surface area contributed by atoms with E-state index in [9.17, 15) is 19.5 Å². The average Bonchev–Trinajstić information content (AvgIpc) is 2.88. The second kappa shape index (κ2) is 7.26. The maximum atomic E-state index is 11.9. The third-order valence-corrected chi connectivity index (χ3v) is 3.41. The molecule has 1 aromatic rings. The first-order valence-corrected chi connectivity index (χ1v) is 7.36. The van der Waals surface area contributed by atoms with Gasteiger partial charge in [-0.25, -0.2) is 9.59 Å². The smallest absolute Gasteiger partial charge is 0.411 e. The van der Waals surface area contributed by atoms with Crippen molar-refractivity contribution in [3.63, 3.8) is 0 Å². The van der Waals surface area contributed by atoms with Crippen LogP contribution in [-0.2, 0) is 19.1 Å². The van der Waals surface area contributed by atoms with E-state index >= 15 is 0 Å². The molecule has 0 fully saturated rings. The molecule has 0 aliphatic heterocycles. The average molecular weight is 329 g/mol. The highest BCUT2D eigenvalue weighted by atomic mass is 32.1. The Morgan fingerprint density at radius 3 is 2.41 bits per heavy atom. The Kier molecular flexibility index (Phi) is 5.92. The molecule has 0 spiro atoms. The van der Waals surface area contributed by atoms with Crippen molar-refractivity contribution in [1.29, 1.82) is 0 Å². The quantitative estimate of drug-likeness (QED) is 0.833. The van der Waals surface area contributed by atoms with Gasteiger partial charge in [0.25, 0.3) is 0 Å². The molecule has 0 saturated heterocycles. The molecule has 1 rings (SSSR count). The predicted molar refractivity (Wildman–Crippen MR) is 79.7 cm³/mol. The van der Waals surface area contributed by atoms with E-state index in [1.54, 1.807) is 38.3 Å². The van der Waals surface area contributed by atoms with Crippen molar-refractivity contribution in [2.24, 2.45) is 0 Å². The molecule has 8 heteroatoms. The summed E-state index contributed by atoms with van der Waals surface area (Å²) in [6.07, 6.45) is -0.911. The van der Waals surface area contributed by atoms with Crippen molar-refractivity contribution in [3.05, 3.63) is 22.4 Å². The van der Waals surface area contributed by atoms with Gasteiger partial charge in [0.1, 0.15) is 12.1 Å². The minimum Gasteiger partial charge on any atom is -0.479 e. The summed E-state index contributed by atoms with van der Waals surface area (Å²) in [7, 11) is 1.12. The first-order chi connectivity index (χ1) is 10.2. The summed E-state index contributed by atoms with van der Waals surface area (Å²) in [5.74, 6) is -1.96. The molecule has 122 valence electrons. The Bertz CT molecular complexity index is 534. The van der Waals surface area contributed by atoms with Crippen LogP contribution in [0.2, 0.25) is 0 Å². The van der Waals surface area contributed by atoms with Gasteiger partial charge >= 0.3 is 18.0 Å². The molecular formula is C14H19NO6S. The van der Waals surface area contributed by atoms with Crippen molar-refractivity contribution in [3.8, 4) is 0 Å². The molecule has 0 aliphatic carbocycles. The zero-order valence-corrected chi connectivity index (χ0v) is 13.7. The number of hydrogen-bond donors (Lipinski definition) is 1. The maximum Gasteiger partial charge on any atom is 0.411 e. The topological polar surface area (TPSA) is 93.1 Å². The van der Waals surface area contributed by atoms with Crippen LogP contribution in [0.5, 0.6) is 0 Å². The zero-order chi connectivity index (χ0) is 16.9. The SMILES string of the molecule is COC(=O)N(CC(=O)OC(C)(C)C)C(C(=O)O)c1cccs1. The molecule has 0 bridgehead atoms. The second-order valence-corrected chi connectivity index (χ2v) is 6.42. The fraction of sp³-hybridized carbons (Fsp3) is 0.500. The van der Waals surface area contributed by atoms with Crippen molar-refractivity contribution < 1.29 is 29.0 Å². The predicted octanol–water partition coefficient (Wildman–Crippen LogP) is 2.28. The number of methoxy groups -OCH3 is 1. The van der Waals surface area contributed by atoms with Gasteiger partial charge in [-0.1, -0.05) is 6.07 Å². The van der Waals surface area contributed by atoms with Crippen LogP contribution in [-0.4, -0.2) is 47.3 Å². The van der Waals surface area contributed by atoms with E-state index in [0.717, 1.165) is 12.0 Å². The third kappa shape index (κ3) is 5.03. The van der Waals surface area contributed by atoms with E-state index in [1.807, 2.05) is 0 Å². The number of amides is 1. The summed E-state index contributed by atoms with van der Waals surface area (Å²) in [4.78, 5) is 36.6. The molecule has 1 unspecified atom stereocenters. The number of nitrogens with zero attached hydrogens (tertiary/aromatic N) is 1. The Balaban J connectivity index is 3.03. The number of hydrogen-bond acceptors (Lipinski definition) is 6. The van der Waals surface area contributed by atoms with E-state index in [4.69, 9.17) is 4.74 Å². The Labute approximate surface area is 132 Å². The van der Waals surface area contributed by atoms with Gasteiger partial charge in [0.2, 0.25) is 0 Å². The van der Waals surface area contributed by atoms with Crippen LogP contribution in [0.25, 0.3) is 0 Å². The van der Waals surface area contributed by atoms with Gasteiger partial charge in [-0.05, 0) is 32.2 Å². The van der Waals surface area contributed by atoms with Crippen LogP contribution >= 0.6 is 11.3 Å². The van der Waals surface area contributed by atoms with Crippen LogP contribution in [0.1, 0.15) is 31.7 Å². The van der Waals surface area contributed by atoms with Gasteiger partial charge in [0.15, 0.2) is 6.04 Å². The first-order valence-electron chi connectivity index (χ1n) is 6.48. The number of thiophene rings is 1. The highest BCUT2D eigenvalue weighted by Crippen LogP contribution is 2.26. The van der Waals surface area contributed by atoms with Gasteiger partial charge in [-0.3, -0.25) is 9.69 Å². The van der Waals surface area contributed by atoms with Gasteiger partial charge in [0.05, 0.1) is 7.11 Å². The largest absolute Gasteiger partial charge is 0.479 e. The highest BCUT2D eigenvalue weighted by molar-refractivity contribution is 7.10. The monoisotopic (exact) mass is 329 g/mol. The number of esters is 1. The van der Waals surface area contributed by atoms with Crippen LogP contribution in [0.3, 0.4) is 0 Å². The molecule has 22 heavy (non-hydrogen) atoms. The number of rotatable bonds is 5. The van der Waals surface area contributed by atoms with E-state index in [0.29, 0.717) is 4.88 Å². The molecule has 1 atom stereocenters. The van der Waals surface area contributed by atoms with Crippen molar-refractivity contribution >= 4 is 29.4 Å². The normalized spacial score (nSPS) is 12.4. The summed E-state index contributed by atoms with van der Waals surface area (Å²) >= 11 is 1.17. The Morgan fingerprint density at radius 1 is 1.36 bits per heavy atom. The van der Waals surface area contributed by atoms with E-state index in [-0.39, 0.29) is 0 Å². The number of aliphatic carboxylic acids is 1. The van der Waals surface area contributed by atoms with Gasteiger partial charge in [-0.2, -0.15) is 0 Å². The van der Waals surface area contributed by atoms with Crippen LogP contribution in [0.4, 0.5) is 4.79 Å². The summed E-state index contributed by atoms with van der Waals surface area (Å²) < 4.78 is 9.73.